The van der Waals surface area contributed by atoms with E-state index in [9.17, 15) is 9.59 Å². The van der Waals surface area contributed by atoms with E-state index in [0.717, 1.165) is 35.5 Å². The standard InChI is InChI=1S/C24H28N6O2S/c1-15-6-4-7-16(2)20(15)26-22(32)18-10-25-23(33-18)27-21-17(3)11-30(28-21)12-19(31)29-13-24(14-29)8-5-9-24/h4,6-7,10-11H,5,8-9,12-14H2,1-3H3,(H,26,32)(H,25,27,28). The zero-order valence-corrected chi connectivity index (χ0v) is 20.0. The molecular formula is C24H28N6O2S. The van der Waals surface area contributed by atoms with Crippen LogP contribution in [0.5, 0.6) is 0 Å². The first-order chi connectivity index (χ1) is 15.8. The molecule has 1 aliphatic heterocycles. The van der Waals surface area contributed by atoms with Crippen LogP contribution in [-0.2, 0) is 11.3 Å². The Balaban J connectivity index is 1.20. The molecule has 2 aliphatic rings. The molecule has 33 heavy (non-hydrogen) atoms. The minimum Gasteiger partial charge on any atom is -0.340 e. The Morgan fingerprint density at radius 3 is 2.52 bits per heavy atom. The molecule has 2 aromatic heterocycles. The van der Waals surface area contributed by atoms with Gasteiger partial charge in [-0.3, -0.25) is 14.3 Å². The summed E-state index contributed by atoms with van der Waals surface area (Å²) in [7, 11) is 0. The Morgan fingerprint density at radius 2 is 1.85 bits per heavy atom. The maximum Gasteiger partial charge on any atom is 0.267 e. The predicted octanol–water partition coefficient (Wildman–Crippen LogP) is 4.27. The van der Waals surface area contributed by atoms with Gasteiger partial charge < -0.3 is 15.5 Å². The number of nitrogens with one attached hydrogen (secondary N) is 2. The van der Waals surface area contributed by atoms with Gasteiger partial charge in [0, 0.05) is 36.0 Å². The number of anilines is 3. The lowest BCUT2D eigenvalue weighted by Crippen LogP contribution is -2.61. The van der Waals surface area contributed by atoms with Crippen molar-refractivity contribution in [2.45, 2.75) is 46.6 Å². The smallest absolute Gasteiger partial charge is 0.267 e. The molecular weight excluding hydrogens is 436 g/mol. The summed E-state index contributed by atoms with van der Waals surface area (Å²) >= 11 is 1.27. The highest BCUT2D eigenvalue weighted by molar-refractivity contribution is 7.17. The van der Waals surface area contributed by atoms with Gasteiger partial charge >= 0.3 is 0 Å². The Bertz CT molecular complexity index is 1200. The zero-order valence-electron chi connectivity index (χ0n) is 19.1. The number of aromatic nitrogens is 3. The van der Waals surface area contributed by atoms with Gasteiger partial charge in [-0.1, -0.05) is 36.0 Å². The molecule has 0 unspecified atom stereocenters. The lowest BCUT2D eigenvalue weighted by Gasteiger charge is -2.55. The Morgan fingerprint density at radius 1 is 1.12 bits per heavy atom. The minimum atomic E-state index is -0.190. The maximum absolute atomic E-state index is 12.7. The quantitative estimate of drug-likeness (QED) is 0.568. The van der Waals surface area contributed by atoms with Crippen molar-refractivity contribution in [3.05, 3.63) is 52.2 Å². The molecule has 1 spiro atoms. The van der Waals surface area contributed by atoms with Crippen molar-refractivity contribution in [3.63, 3.8) is 0 Å². The average Bonchev–Trinajstić information content (AvgIpc) is 3.29. The monoisotopic (exact) mass is 464 g/mol. The number of benzene rings is 1. The first-order valence-corrected chi connectivity index (χ1v) is 12.1. The molecule has 2 amide bonds. The highest BCUT2D eigenvalue weighted by atomic mass is 32.1. The average molecular weight is 465 g/mol. The van der Waals surface area contributed by atoms with Crippen molar-refractivity contribution in [1.29, 1.82) is 0 Å². The number of aryl methyl sites for hydroxylation is 3. The van der Waals surface area contributed by atoms with Gasteiger partial charge in [-0.2, -0.15) is 5.10 Å². The number of carbonyl (C=O) groups excluding carboxylic acids is 2. The third kappa shape index (κ3) is 4.25. The molecule has 0 bridgehead atoms. The van der Waals surface area contributed by atoms with E-state index < -0.39 is 0 Å². The van der Waals surface area contributed by atoms with E-state index in [1.165, 1.54) is 30.6 Å². The summed E-state index contributed by atoms with van der Waals surface area (Å²) in [6.07, 6.45) is 7.22. The molecule has 2 fully saturated rings. The lowest BCUT2D eigenvalue weighted by atomic mass is 9.63. The van der Waals surface area contributed by atoms with Gasteiger partial charge in [0.1, 0.15) is 11.4 Å². The summed E-state index contributed by atoms with van der Waals surface area (Å²) in [5.74, 6) is 0.559. The molecule has 2 N–H and O–H groups in total. The number of thiazole rings is 1. The molecule has 1 aliphatic carbocycles. The number of carbonyl (C=O) groups is 2. The van der Waals surface area contributed by atoms with Crippen LogP contribution in [0.4, 0.5) is 16.6 Å². The van der Waals surface area contributed by atoms with E-state index in [1.54, 1.807) is 10.9 Å². The van der Waals surface area contributed by atoms with Crippen LogP contribution in [0.3, 0.4) is 0 Å². The third-order valence-corrected chi connectivity index (χ3v) is 7.65. The van der Waals surface area contributed by atoms with Crippen molar-refractivity contribution >= 4 is 39.8 Å². The van der Waals surface area contributed by atoms with Gasteiger partial charge in [-0.25, -0.2) is 4.98 Å². The lowest BCUT2D eigenvalue weighted by molar-refractivity contribution is -0.150. The first kappa shape index (κ1) is 21.6. The number of nitrogens with zero attached hydrogens (tertiary/aromatic N) is 4. The molecule has 3 aromatic rings. The fraction of sp³-hybridized carbons (Fsp3) is 0.417. The van der Waals surface area contributed by atoms with E-state index >= 15 is 0 Å². The predicted molar refractivity (Wildman–Crippen MR) is 129 cm³/mol. The second-order valence-corrected chi connectivity index (χ2v) is 10.4. The van der Waals surface area contributed by atoms with E-state index in [1.807, 2.05) is 50.1 Å². The Labute approximate surface area is 197 Å². The summed E-state index contributed by atoms with van der Waals surface area (Å²) in [6.45, 7) is 7.90. The highest BCUT2D eigenvalue weighted by Gasteiger charge is 2.48. The summed E-state index contributed by atoms with van der Waals surface area (Å²) in [6, 6.07) is 5.91. The minimum absolute atomic E-state index is 0.112. The molecule has 3 heterocycles. The van der Waals surface area contributed by atoms with Gasteiger partial charge in [0.2, 0.25) is 5.91 Å². The highest BCUT2D eigenvalue weighted by Crippen LogP contribution is 2.48. The number of hydrogen-bond acceptors (Lipinski definition) is 6. The van der Waals surface area contributed by atoms with Gasteiger partial charge in [0.05, 0.1) is 6.20 Å². The third-order valence-electron chi connectivity index (χ3n) is 6.74. The fourth-order valence-corrected chi connectivity index (χ4v) is 5.33. The van der Waals surface area contributed by atoms with Crippen LogP contribution in [0.15, 0.2) is 30.6 Å². The second kappa shape index (κ2) is 8.30. The van der Waals surface area contributed by atoms with Gasteiger partial charge in [-0.05, 0) is 44.7 Å². The first-order valence-electron chi connectivity index (χ1n) is 11.2. The van der Waals surface area contributed by atoms with Gasteiger partial charge in [0.15, 0.2) is 10.9 Å². The van der Waals surface area contributed by atoms with Crippen molar-refractivity contribution in [2.75, 3.05) is 23.7 Å². The van der Waals surface area contributed by atoms with Crippen LogP contribution in [0.25, 0.3) is 0 Å². The van der Waals surface area contributed by atoms with Crippen molar-refractivity contribution in [2.24, 2.45) is 5.41 Å². The van der Waals surface area contributed by atoms with Crippen LogP contribution in [0, 0.1) is 26.2 Å². The molecule has 8 nitrogen and oxygen atoms in total. The summed E-state index contributed by atoms with van der Waals surface area (Å²) in [5.41, 5.74) is 4.20. The second-order valence-electron chi connectivity index (χ2n) is 9.34. The normalized spacial score (nSPS) is 16.3. The molecule has 1 saturated heterocycles. The zero-order chi connectivity index (χ0) is 23.2. The van der Waals surface area contributed by atoms with E-state index in [2.05, 4.69) is 20.7 Å². The molecule has 0 radical (unpaired) electrons. The Hall–Kier alpha value is -3.20. The number of rotatable bonds is 6. The molecule has 0 atom stereocenters. The molecule has 1 aromatic carbocycles. The number of likely N-dealkylation sites (tertiary alicyclic amines) is 1. The van der Waals surface area contributed by atoms with Gasteiger partial charge in [-0.15, -0.1) is 0 Å². The summed E-state index contributed by atoms with van der Waals surface area (Å²) in [5, 5.41) is 11.3. The number of hydrogen-bond donors (Lipinski definition) is 2. The van der Waals surface area contributed by atoms with Crippen molar-refractivity contribution in [1.82, 2.24) is 19.7 Å². The molecule has 9 heteroatoms. The van der Waals surface area contributed by atoms with E-state index in [4.69, 9.17) is 0 Å². The maximum atomic E-state index is 12.7. The van der Waals surface area contributed by atoms with Crippen LogP contribution >= 0.6 is 11.3 Å². The number of amides is 2. The van der Waals surface area contributed by atoms with Crippen LogP contribution in [0.2, 0.25) is 0 Å². The SMILES string of the molecule is Cc1cn(CC(=O)N2CC3(CCC3)C2)nc1Nc1ncc(C(=O)Nc2c(C)cccc2C)s1. The van der Waals surface area contributed by atoms with Crippen molar-refractivity contribution < 1.29 is 9.59 Å². The fourth-order valence-electron chi connectivity index (χ4n) is 4.62. The molecule has 172 valence electrons. The molecule has 1 saturated carbocycles. The van der Waals surface area contributed by atoms with Crippen LogP contribution < -0.4 is 10.6 Å². The summed E-state index contributed by atoms with van der Waals surface area (Å²) in [4.78, 5) is 32.1. The van der Waals surface area contributed by atoms with Crippen LogP contribution in [-0.4, -0.2) is 44.6 Å². The van der Waals surface area contributed by atoms with Crippen LogP contribution in [0.1, 0.15) is 45.6 Å². The van der Waals surface area contributed by atoms with E-state index in [0.29, 0.717) is 21.2 Å². The largest absolute Gasteiger partial charge is 0.340 e. The molecule has 5 rings (SSSR count). The Kier molecular flexibility index (Phi) is 5.44. The topological polar surface area (TPSA) is 92.2 Å². The number of para-hydroxylation sites is 1. The van der Waals surface area contributed by atoms with E-state index in [-0.39, 0.29) is 18.4 Å². The summed E-state index contributed by atoms with van der Waals surface area (Å²) < 4.78 is 1.67. The van der Waals surface area contributed by atoms with Gasteiger partial charge in [0.25, 0.3) is 5.91 Å². The van der Waals surface area contributed by atoms with Crippen molar-refractivity contribution in [3.8, 4) is 0 Å².